The third kappa shape index (κ3) is 4.32. The summed E-state index contributed by atoms with van der Waals surface area (Å²) in [5.41, 5.74) is 5.78. The molecule has 29 heavy (non-hydrogen) atoms. The summed E-state index contributed by atoms with van der Waals surface area (Å²) in [5.74, 6) is 2.04. The second kappa shape index (κ2) is 8.49. The van der Waals surface area contributed by atoms with Crippen LogP contribution in [0.25, 0.3) is 0 Å². The standard InChI is InChI=1S/C23H26N4O2/c1-16-6-4-5-7-17(16)14-27-11-10-20-18(15-27)13-24-23(25-20)26-21-12-19(28-2)8-9-22(21)29-3/h4-9,12-13H,10-11,14-15H2,1-3H3,(H,24,25,26). The molecule has 4 rings (SSSR count). The van der Waals surface area contributed by atoms with Crippen LogP contribution in [-0.4, -0.2) is 35.6 Å². The van der Waals surface area contributed by atoms with E-state index >= 15 is 0 Å². The maximum Gasteiger partial charge on any atom is 0.227 e. The van der Waals surface area contributed by atoms with Crippen LogP contribution < -0.4 is 14.8 Å². The highest BCUT2D eigenvalue weighted by atomic mass is 16.5. The molecule has 2 heterocycles. The molecule has 0 spiro atoms. The van der Waals surface area contributed by atoms with Gasteiger partial charge in [-0.25, -0.2) is 9.97 Å². The zero-order valence-electron chi connectivity index (χ0n) is 17.1. The highest BCUT2D eigenvalue weighted by molar-refractivity contribution is 5.65. The van der Waals surface area contributed by atoms with Crippen molar-refractivity contribution in [3.63, 3.8) is 0 Å². The van der Waals surface area contributed by atoms with Crippen molar-refractivity contribution >= 4 is 11.6 Å². The van der Waals surface area contributed by atoms with Crippen LogP contribution in [0.2, 0.25) is 0 Å². The monoisotopic (exact) mass is 390 g/mol. The highest BCUT2D eigenvalue weighted by Gasteiger charge is 2.19. The van der Waals surface area contributed by atoms with E-state index in [4.69, 9.17) is 14.5 Å². The van der Waals surface area contributed by atoms with Crippen molar-refractivity contribution in [3.05, 3.63) is 71.0 Å². The van der Waals surface area contributed by atoms with E-state index < -0.39 is 0 Å². The predicted molar refractivity (Wildman–Crippen MR) is 114 cm³/mol. The Morgan fingerprint density at radius 2 is 1.97 bits per heavy atom. The summed E-state index contributed by atoms with van der Waals surface area (Å²) in [4.78, 5) is 11.7. The number of aryl methyl sites for hydroxylation is 1. The fourth-order valence-corrected chi connectivity index (χ4v) is 3.63. The van der Waals surface area contributed by atoms with Crippen LogP contribution in [0.5, 0.6) is 11.5 Å². The number of nitrogens with one attached hydrogen (secondary N) is 1. The second-order valence-electron chi connectivity index (χ2n) is 7.24. The lowest BCUT2D eigenvalue weighted by Gasteiger charge is -2.28. The average Bonchev–Trinajstić information content (AvgIpc) is 2.75. The molecule has 0 atom stereocenters. The van der Waals surface area contributed by atoms with Gasteiger partial charge in [-0.3, -0.25) is 4.90 Å². The van der Waals surface area contributed by atoms with Crippen molar-refractivity contribution in [3.8, 4) is 11.5 Å². The highest BCUT2D eigenvalue weighted by Crippen LogP contribution is 2.31. The van der Waals surface area contributed by atoms with Gasteiger partial charge < -0.3 is 14.8 Å². The van der Waals surface area contributed by atoms with Crippen LogP contribution >= 0.6 is 0 Å². The Hall–Kier alpha value is -3.12. The molecule has 1 aliphatic heterocycles. The Labute approximate surface area is 171 Å². The first kappa shape index (κ1) is 19.2. The van der Waals surface area contributed by atoms with Gasteiger partial charge in [0.05, 0.1) is 25.6 Å². The number of hydrogen-bond donors (Lipinski definition) is 1. The minimum absolute atomic E-state index is 0.572. The van der Waals surface area contributed by atoms with Gasteiger partial charge in [0.25, 0.3) is 0 Å². The number of ether oxygens (including phenoxy) is 2. The fraction of sp³-hybridized carbons (Fsp3) is 0.304. The number of hydrogen-bond acceptors (Lipinski definition) is 6. The molecule has 1 N–H and O–H groups in total. The van der Waals surface area contributed by atoms with Crippen molar-refractivity contribution in [1.82, 2.24) is 14.9 Å². The van der Waals surface area contributed by atoms with E-state index in [2.05, 4.69) is 46.4 Å². The Balaban J connectivity index is 1.49. The summed E-state index contributed by atoms with van der Waals surface area (Å²) < 4.78 is 10.7. The number of fused-ring (bicyclic) bond motifs is 1. The largest absolute Gasteiger partial charge is 0.497 e. The molecule has 6 heteroatoms. The van der Waals surface area contributed by atoms with E-state index in [0.717, 1.165) is 48.9 Å². The lowest BCUT2D eigenvalue weighted by atomic mass is 10.0. The summed E-state index contributed by atoms with van der Waals surface area (Å²) >= 11 is 0. The average molecular weight is 390 g/mol. The summed E-state index contributed by atoms with van der Waals surface area (Å²) in [7, 11) is 3.29. The number of methoxy groups -OCH3 is 2. The molecule has 0 saturated heterocycles. The minimum atomic E-state index is 0.572. The molecule has 0 fully saturated rings. The molecule has 3 aromatic rings. The van der Waals surface area contributed by atoms with Crippen molar-refractivity contribution < 1.29 is 9.47 Å². The van der Waals surface area contributed by atoms with Crippen LogP contribution in [0.15, 0.2) is 48.7 Å². The van der Waals surface area contributed by atoms with Crippen LogP contribution in [-0.2, 0) is 19.5 Å². The van der Waals surface area contributed by atoms with Crippen molar-refractivity contribution in [1.29, 1.82) is 0 Å². The number of aromatic nitrogens is 2. The van der Waals surface area contributed by atoms with Gasteiger partial charge in [0.1, 0.15) is 11.5 Å². The molecule has 0 saturated carbocycles. The molecule has 150 valence electrons. The van der Waals surface area contributed by atoms with E-state index in [1.807, 2.05) is 24.4 Å². The SMILES string of the molecule is COc1ccc(OC)c(Nc2ncc3c(n2)CCN(Cc2ccccc2C)C3)c1. The molecule has 0 unspecified atom stereocenters. The first-order valence-electron chi connectivity index (χ1n) is 9.77. The molecule has 0 bridgehead atoms. The third-order valence-corrected chi connectivity index (χ3v) is 5.32. The number of rotatable bonds is 6. The molecular formula is C23H26N4O2. The zero-order chi connectivity index (χ0) is 20.2. The van der Waals surface area contributed by atoms with Gasteiger partial charge in [0.15, 0.2) is 0 Å². The van der Waals surface area contributed by atoms with Gasteiger partial charge in [0.2, 0.25) is 5.95 Å². The number of benzene rings is 2. The Morgan fingerprint density at radius 3 is 2.76 bits per heavy atom. The van der Waals surface area contributed by atoms with E-state index in [0.29, 0.717) is 5.95 Å². The van der Waals surface area contributed by atoms with Gasteiger partial charge in [-0.15, -0.1) is 0 Å². The van der Waals surface area contributed by atoms with E-state index in [-0.39, 0.29) is 0 Å². The van der Waals surface area contributed by atoms with Crippen LogP contribution in [0.3, 0.4) is 0 Å². The summed E-state index contributed by atoms with van der Waals surface area (Å²) in [6.45, 7) is 4.97. The van der Waals surface area contributed by atoms with E-state index in [1.54, 1.807) is 14.2 Å². The zero-order valence-corrected chi connectivity index (χ0v) is 17.1. The second-order valence-corrected chi connectivity index (χ2v) is 7.24. The third-order valence-electron chi connectivity index (χ3n) is 5.32. The first-order chi connectivity index (χ1) is 14.2. The molecule has 2 aromatic carbocycles. The molecular weight excluding hydrogens is 364 g/mol. The number of nitrogens with zero attached hydrogens (tertiary/aromatic N) is 3. The van der Waals surface area contributed by atoms with Gasteiger partial charge in [0, 0.05) is 43.9 Å². The predicted octanol–water partition coefficient (Wildman–Crippen LogP) is 4.10. The summed E-state index contributed by atoms with van der Waals surface area (Å²) in [5, 5.41) is 3.27. The molecule has 1 aromatic heterocycles. The van der Waals surface area contributed by atoms with Gasteiger partial charge >= 0.3 is 0 Å². The van der Waals surface area contributed by atoms with E-state index in [1.165, 1.54) is 16.7 Å². The van der Waals surface area contributed by atoms with Gasteiger partial charge in [-0.05, 0) is 30.2 Å². The van der Waals surface area contributed by atoms with Crippen molar-refractivity contribution in [2.45, 2.75) is 26.4 Å². The van der Waals surface area contributed by atoms with E-state index in [9.17, 15) is 0 Å². The smallest absolute Gasteiger partial charge is 0.227 e. The normalized spacial score (nSPS) is 13.6. The van der Waals surface area contributed by atoms with Crippen molar-refractivity contribution in [2.75, 3.05) is 26.1 Å². The lowest BCUT2D eigenvalue weighted by Crippen LogP contribution is -2.31. The maximum atomic E-state index is 5.43. The van der Waals surface area contributed by atoms with Crippen LogP contribution in [0.1, 0.15) is 22.4 Å². The van der Waals surface area contributed by atoms with Gasteiger partial charge in [-0.1, -0.05) is 24.3 Å². The topological polar surface area (TPSA) is 59.5 Å². The maximum absolute atomic E-state index is 5.43. The molecule has 0 amide bonds. The van der Waals surface area contributed by atoms with Crippen molar-refractivity contribution in [2.24, 2.45) is 0 Å². The summed E-state index contributed by atoms with van der Waals surface area (Å²) in [6, 6.07) is 14.2. The Morgan fingerprint density at radius 1 is 1.10 bits per heavy atom. The van der Waals surface area contributed by atoms with Gasteiger partial charge in [-0.2, -0.15) is 0 Å². The van der Waals surface area contributed by atoms with Crippen LogP contribution in [0.4, 0.5) is 11.6 Å². The minimum Gasteiger partial charge on any atom is -0.497 e. The summed E-state index contributed by atoms with van der Waals surface area (Å²) in [6.07, 6.45) is 2.84. The molecule has 1 aliphatic rings. The Kier molecular flexibility index (Phi) is 5.62. The Bertz CT molecular complexity index is 1010. The first-order valence-corrected chi connectivity index (χ1v) is 9.77. The quantitative estimate of drug-likeness (QED) is 0.684. The van der Waals surface area contributed by atoms with Crippen LogP contribution in [0, 0.1) is 6.92 Å². The molecule has 0 aliphatic carbocycles. The number of anilines is 2. The fourth-order valence-electron chi connectivity index (χ4n) is 3.63. The molecule has 6 nitrogen and oxygen atoms in total. The lowest BCUT2D eigenvalue weighted by molar-refractivity contribution is 0.242. The molecule has 0 radical (unpaired) electrons.